The number of nitrogens with one attached hydrogen (secondary N) is 2. The van der Waals surface area contributed by atoms with Crippen molar-refractivity contribution in [2.24, 2.45) is 10.8 Å². The van der Waals surface area contributed by atoms with E-state index in [1.54, 1.807) is 12.4 Å². The van der Waals surface area contributed by atoms with Crippen molar-refractivity contribution in [3.05, 3.63) is 30.1 Å². The zero-order chi connectivity index (χ0) is 10.2. The van der Waals surface area contributed by atoms with Gasteiger partial charge in [0.2, 0.25) is 5.96 Å². The van der Waals surface area contributed by atoms with Gasteiger partial charge in [0.1, 0.15) is 0 Å². The van der Waals surface area contributed by atoms with Crippen LogP contribution >= 0.6 is 0 Å². The molecule has 0 atom stereocenters. The molecule has 76 valence electrons. The lowest BCUT2D eigenvalue weighted by Gasteiger charge is -2.05. The molecule has 0 aliphatic rings. The highest BCUT2D eigenvalue weighted by molar-refractivity contribution is 5.79. The predicted octanol–water partition coefficient (Wildman–Crippen LogP) is 0.0104. The van der Waals surface area contributed by atoms with Crippen LogP contribution in [-0.4, -0.2) is 17.5 Å². The van der Waals surface area contributed by atoms with Gasteiger partial charge in [-0.3, -0.25) is 10.4 Å². The van der Waals surface area contributed by atoms with Gasteiger partial charge in [-0.1, -0.05) is 6.07 Å². The average molecular weight is 193 g/mol. The summed E-state index contributed by atoms with van der Waals surface area (Å²) in [5.41, 5.74) is 3.55. The van der Waals surface area contributed by atoms with Crippen LogP contribution in [0.3, 0.4) is 0 Å². The maximum atomic E-state index is 5.26. The van der Waals surface area contributed by atoms with Crippen LogP contribution in [0.25, 0.3) is 0 Å². The molecule has 0 fully saturated rings. The summed E-state index contributed by atoms with van der Waals surface area (Å²) in [6, 6.07) is 3.85. The van der Waals surface area contributed by atoms with Crippen LogP contribution in [0.5, 0.6) is 0 Å². The van der Waals surface area contributed by atoms with E-state index in [0.717, 1.165) is 12.1 Å². The van der Waals surface area contributed by atoms with E-state index in [1.165, 1.54) is 0 Å². The van der Waals surface area contributed by atoms with Crippen LogP contribution in [-0.2, 0) is 6.54 Å². The van der Waals surface area contributed by atoms with E-state index < -0.39 is 0 Å². The van der Waals surface area contributed by atoms with Crippen molar-refractivity contribution >= 4 is 5.96 Å². The number of nitrogens with zero attached hydrogens (tertiary/aromatic N) is 2. The molecule has 0 aliphatic carbocycles. The van der Waals surface area contributed by atoms with Gasteiger partial charge in [0, 0.05) is 18.9 Å². The summed E-state index contributed by atoms with van der Waals surface area (Å²) in [6.45, 7) is 3.34. The molecule has 0 spiro atoms. The second kappa shape index (κ2) is 5.93. The predicted molar refractivity (Wildman–Crippen MR) is 56.4 cm³/mol. The van der Waals surface area contributed by atoms with E-state index in [0.29, 0.717) is 12.5 Å². The molecule has 1 aromatic rings. The van der Waals surface area contributed by atoms with Crippen LogP contribution < -0.4 is 16.6 Å². The SMILES string of the molecule is CCNC(=NCc1cccnc1)NN. The van der Waals surface area contributed by atoms with Gasteiger partial charge in [0.15, 0.2) is 0 Å². The van der Waals surface area contributed by atoms with Gasteiger partial charge in [-0.05, 0) is 18.6 Å². The third-order valence-electron chi connectivity index (χ3n) is 1.62. The Bertz CT molecular complexity index is 283. The van der Waals surface area contributed by atoms with Crippen molar-refractivity contribution in [3.8, 4) is 0 Å². The minimum absolute atomic E-state index is 0.570. The maximum Gasteiger partial charge on any atom is 0.206 e. The quantitative estimate of drug-likeness (QED) is 0.273. The minimum Gasteiger partial charge on any atom is -0.356 e. The van der Waals surface area contributed by atoms with Crippen LogP contribution in [0.15, 0.2) is 29.5 Å². The molecular formula is C9H15N5. The summed E-state index contributed by atoms with van der Waals surface area (Å²) in [5.74, 6) is 5.86. The Labute approximate surface area is 83.4 Å². The number of guanidine groups is 1. The largest absolute Gasteiger partial charge is 0.356 e. The average Bonchev–Trinajstić information content (AvgIpc) is 2.25. The topological polar surface area (TPSA) is 75.3 Å². The molecule has 0 amide bonds. The van der Waals surface area contributed by atoms with Crippen molar-refractivity contribution in [1.29, 1.82) is 0 Å². The van der Waals surface area contributed by atoms with Gasteiger partial charge in [0.05, 0.1) is 6.54 Å². The molecule has 0 radical (unpaired) electrons. The Morgan fingerprint density at radius 1 is 1.64 bits per heavy atom. The van der Waals surface area contributed by atoms with Crippen LogP contribution in [0.1, 0.15) is 12.5 Å². The first-order valence-electron chi connectivity index (χ1n) is 4.50. The molecule has 1 rings (SSSR count). The summed E-state index contributed by atoms with van der Waals surface area (Å²) in [7, 11) is 0. The van der Waals surface area contributed by atoms with E-state index in [-0.39, 0.29) is 0 Å². The molecule has 0 unspecified atom stereocenters. The first kappa shape index (κ1) is 10.5. The third kappa shape index (κ3) is 3.40. The normalized spacial score (nSPS) is 11.1. The second-order valence-electron chi connectivity index (χ2n) is 2.70. The molecule has 0 saturated heterocycles. The Morgan fingerprint density at radius 2 is 2.50 bits per heavy atom. The van der Waals surface area contributed by atoms with Crippen molar-refractivity contribution in [2.75, 3.05) is 6.54 Å². The minimum atomic E-state index is 0.570. The number of aliphatic imine (C=N–C) groups is 1. The number of rotatable bonds is 3. The molecule has 0 aliphatic heterocycles. The number of hydrogen-bond acceptors (Lipinski definition) is 3. The molecule has 0 aromatic carbocycles. The standard InChI is InChI=1S/C9H15N5/c1-2-12-9(14-10)13-7-8-4-3-5-11-6-8/h3-6H,2,7,10H2,1H3,(H2,12,13,14). The number of pyridine rings is 1. The number of hydrogen-bond donors (Lipinski definition) is 3. The summed E-state index contributed by atoms with van der Waals surface area (Å²) in [6.07, 6.45) is 3.52. The third-order valence-corrected chi connectivity index (χ3v) is 1.62. The molecule has 0 saturated carbocycles. The fourth-order valence-electron chi connectivity index (χ4n) is 0.982. The van der Waals surface area contributed by atoms with Crippen molar-refractivity contribution in [2.45, 2.75) is 13.5 Å². The van der Waals surface area contributed by atoms with Gasteiger partial charge < -0.3 is 5.32 Å². The molecular weight excluding hydrogens is 178 g/mol. The zero-order valence-corrected chi connectivity index (χ0v) is 8.20. The number of nitrogens with two attached hydrogens (primary N) is 1. The van der Waals surface area contributed by atoms with Gasteiger partial charge in [-0.25, -0.2) is 10.8 Å². The highest BCUT2D eigenvalue weighted by Crippen LogP contribution is 1.96. The Hall–Kier alpha value is -1.62. The molecule has 4 N–H and O–H groups in total. The van der Waals surface area contributed by atoms with Gasteiger partial charge in [-0.2, -0.15) is 0 Å². The summed E-state index contributed by atoms with van der Waals surface area (Å²) in [5, 5.41) is 3.00. The summed E-state index contributed by atoms with van der Waals surface area (Å²) >= 11 is 0. The Kier molecular flexibility index (Phi) is 4.43. The highest BCUT2D eigenvalue weighted by Gasteiger charge is 1.93. The van der Waals surface area contributed by atoms with E-state index in [9.17, 15) is 0 Å². The molecule has 5 nitrogen and oxygen atoms in total. The smallest absolute Gasteiger partial charge is 0.206 e. The summed E-state index contributed by atoms with van der Waals surface area (Å²) in [4.78, 5) is 8.22. The lowest BCUT2D eigenvalue weighted by Crippen LogP contribution is -2.41. The lowest BCUT2D eigenvalue weighted by molar-refractivity contribution is 0.851. The zero-order valence-electron chi connectivity index (χ0n) is 8.20. The fourth-order valence-corrected chi connectivity index (χ4v) is 0.982. The summed E-state index contributed by atoms with van der Waals surface area (Å²) < 4.78 is 0. The Morgan fingerprint density at radius 3 is 3.07 bits per heavy atom. The monoisotopic (exact) mass is 193 g/mol. The van der Waals surface area contributed by atoms with E-state index in [2.05, 4.69) is 20.7 Å². The number of aromatic nitrogens is 1. The first-order valence-corrected chi connectivity index (χ1v) is 4.50. The molecule has 1 heterocycles. The van der Waals surface area contributed by atoms with E-state index in [1.807, 2.05) is 19.1 Å². The van der Waals surface area contributed by atoms with Crippen LogP contribution in [0.2, 0.25) is 0 Å². The second-order valence-corrected chi connectivity index (χ2v) is 2.70. The van der Waals surface area contributed by atoms with E-state index >= 15 is 0 Å². The van der Waals surface area contributed by atoms with Crippen LogP contribution in [0, 0.1) is 0 Å². The van der Waals surface area contributed by atoms with Crippen molar-refractivity contribution in [1.82, 2.24) is 15.7 Å². The molecule has 14 heavy (non-hydrogen) atoms. The first-order chi connectivity index (χ1) is 6.86. The highest BCUT2D eigenvalue weighted by atomic mass is 15.3. The van der Waals surface area contributed by atoms with Crippen molar-refractivity contribution in [3.63, 3.8) is 0 Å². The van der Waals surface area contributed by atoms with Gasteiger partial charge in [0.25, 0.3) is 0 Å². The van der Waals surface area contributed by atoms with Gasteiger partial charge in [-0.15, -0.1) is 0 Å². The lowest BCUT2D eigenvalue weighted by atomic mass is 10.3. The van der Waals surface area contributed by atoms with E-state index in [4.69, 9.17) is 5.84 Å². The molecule has 0 bridgehead atoms. The maximum absolute atomic E-state index is 5.26. The fraction of sp³-hybridized carbons (Fsp3) is 0.333. The number of hydrazine groups is 1. The Balaban J connectivity index is 2.52. The molecule has 5 heteroatoms. The van der Waals surface area contributed by atoms with Crippen molar-refractivity contribution < 1.29 is 0 Å². The van der Waals surface area contributed by atoms with Crippen LogP contribution in [0.4, 0.5) is 0 Å². The van der Waals surface area contributed by atoms with Gasteiger partial charge >= 0.3 is 0 Å². The molecule has 1 aromatic heterocycles.